The molecule has 0 bridgehead atoms. The Morgan fingerprint density at radius 1 is 0.339 bits per heavy atom. The topological polar surface area (TPSA) is 169 Å². The largest absolute Gasteiger partial charge is 0.494 e. The van der Waals surface area contributed by atoms with Crippen LogP contribution >= 0.6 is 0 Å². The molecule has 0 heterocycles. The van der Waals surface area contributed by atoms with Crippen LogP contribution in [0.15, 0.2) is 187 Å². The number of fused-ring (bicyclic) bond motifs is 4. The minimum atomic E-state index is 0.491. The van der Waals surface area contributed by atoms with Crippen LogP contribution < -0.4 is 20.9 Å². The number of rotatable bonds is 10. The fourth-order valence-corrected chi connectivity index (χ4v) is 7.30. The first kappa shape index (κ1) is 39.1. The lowest BCUT2D eigenvalue weighted by molar-refractivity contribution is 0.415. The van der Waals surface area contributed by atoms with Gasteiger partial charge in [-0.05, 0) is 131 Å². The maximum absolute atomic E-state index is 6.36. The number of nitrogens with two attached hydrogens (primary N) is 2. The molecule has 9 aromatic carbocycles. The van der Waals surface area contributed by atoms with E-state index in [0.717, 1.165) is 59.9 Å². The van der Waals surface area contributed by atoms with Crippen LogP contribution in [0.2, 0.25) is 0 Å². The molecule has 9 aromatic rings. The zero-order chi connectivity index (χ0) is 42.7. The van der Waals surface area contributed by atoms with Crippen LogP contribution in [-0.2, 0) is 0 Å². The van der Waals surface area contributed by atoms with Crippen molar-refractivity contribution in [2.45, 2.75) is 13.8 Å². The van der Waals surface area contributed by atoms with Gasteiger partial charge in [-0.15, -0.1) is 20.5 Å². The van der Waals surface area contributed by atoms with Gasteiger partial charge in [0.2, 0.25) is 0 Å². The number of azo groups is 4. The van der Waals surface area contributed by atoms with E-state index in [1.165, 1.54) is 0 Å². The summed E-state index contributed by atoms with van der Waals surface area (Å²) in [5.74, 6) is 0.989. The molecule has 4 N–H and O–H groups in total. The van der Waals surface area contributed by atoms with Crippen molar-refractivity contribution in [2.24, 2.45) is 40.9 Å². The van der Waals surface area contributed by atoms with Crippen molar-refractivity contribution in [1.29, 1.82) is 0 Å². The quantitative estimate of drug-likeness (QED) is 0.0796. The average molecular weight is 813 g/mol. The zero-order valence-electron chi connectivity index (χ0n) is 34.4. The Hall–Kier alpha value is -8.38. The Balaban J connectivity index is 0.908. The number of hydrogen-bond donors (Lipinski definition) is 2. The normalized spacial score (nSPS) is 12.1. The van der Waals surface area contributed by atoms with Gasteiger partial charge in [0.05, 0.1) is 48.3 Å². The van der Waals surface area contributed by atoms with Crippen molar-refractivity contribution in [3.8, 4) is 11.5 Å². The number of benzene rings is 9. The Bertz CT molecular complexity index is 3320. The Kier molecular flexibility index (Phi) is 10.5. The monoisotopic (exact) mass is 812 g/mol. The summed E-state index contributed by atoms with van der Waals surface area (Å²) in [6.07, 6.45) is 0. The number of methoxy groups -OCH3 is 2. The van der Waals surface area contributed by atoms with Gasteiger partial charge in [-0.2, -0.15) is 20.5 Å². The van der Waals surface area contributed by atoms with Gasteiger partial charge < -0.3 is 20.9 Å². The molecule has 0 aromatic heterocycles. The second-order valence-electron chi connectivity index (χ2n) is 14.8. The van der Waals surface area contributed by atoms with Gasteiger partial charge in [0.25, 0.3) is 0 Å². The standard InChI is InChI=1S/C50H40N10O2/c1-29-21-48(60-58-46-28-50(62-4)47(22-30(46)2)59-56-44-20-18-42(52)38-24-32-10-6-8-12-34(32)26-40(38)44)49(61-3)27-45(29)57-54-36-15-13-35(14-16-36)53-55-43-19-17-41(51)37-23-31-9-5-7-11-33(31)25-39(37)43/h5-28H,51-52H2,1-4H3. The number of nitrogens with zero attached hydrogens (tertiary/aromatic N) is 8. The summed E-state index contributed by atoms with van der Waals surface area (Å²) in [7, 11) is 3.16. The van der Waals surface area contributed by atoms with E-state index in [1.807, 2.05) is 98.8 Å². The number of hydrogen-bond acceptors (Lipinski definition) is 12. The summed E-state index contributed by atoms with van der Waals surface area (Å²) in [4.78, 5) is 0. The van der Waals surface area contributed by atoms with E-state index in [0.29, 0.717) is 62.7 Å². The average Bonchev–Trinajstić information content (AvgIpc) is 3.30. The van der Waals surface area contributed by atoms with E-state index in [9.17, 15) is 0 Å². The molecule has 0 amide bonds. The molecule has 302 valence electrons. The van der Waals surface area contributed by atoms with Crippen LogP contribution in [0.3, 0.4) is 0 Å². The summed E-state index contributed by atoms with van der Waals surface area (Å²) < 4.78 is 11.4. The van der Waals surface area contributed by atoms with E-state index in [-0.39, 0.29) is 0 Å². The molecule has 0 aliphatic heterocycles. The van der Waals surface area contributed by atoms with Crippen LogP contribution in [0, 0.1) is 13.8 Å². The highest BCUT2D eigenvalue weighted by atomic mass is 16.5. The van der Waals surface area contributed by atoms with Gasteiger partial charge in [0.1, 0.15) is 22.9 Å². The van der Waals surface area contributed by atoms with Crippen molar-refractivity contribution >= 4 is 100.0 Å². The van der Waals surface area contributed by atoms with E-state index in [4.69, 9.17) is 20.9 Å². The second kappa shape index (κ2) is 16.7. The molecule has 62 heavy (non-hydrogen) atoms. The van der Waals surface area contributed by atoms with E-state index < -0.39 is 0 Å². The highest BCUT2D eigenvalue weighted by Gasteiger charge is 2.13. The zero-order valence-corrected chi connectivity index (χ0v) is 34.4. The molecule has 12 heteroatoms. The van der Waals surface area contributed by atoms with Gasteiger partial charge >= 0.3 is 0 Å². The maximum atomic E-state index is 6.36. The number of aryl methyl sites for hydroxylation is 2. The van der Waals surface area contributed by atoms with E-state index in [1.54, 1.807) is 26.4 Å². The Labute approximate surface area is 357 Å². The third kappa shape index (κ3) is 7.87. The first-order chi connectivity index (χ1) is 30.2. The van der Waals surface area contributed by atoms with Crippen LogP contribution in [0.25, 0.3) is 43.1 Å². The summed E-state index contributed by atoms with van der Waals surface area (Å²) in [6, 6.07) is 46.9. The smallest absolute Gasteiger partial charge is 0.148 e. The van der Waals surface area contributed by atoms with Crippen molar-refractivity contribution < 1.29 is 9.47 Å². The lowest BCUT2D eigenvalue weighted by atomic mass is 10.0. The van der Waals surface area contributed by atoms with Crippen molar-refractivity contribution in [1.82, 2.24) is 0 Å². The predicted molar refractivity (Wildman–Crippen MR) is 250 cm³/mol. The molecule has 0 unspecified atom stereocenters. The van der Waals surface area contributed by atoms with Crippen LogP contribution in [0.1, 0.15) is 11.1 Å². The molecule has 12 nitrogen and oxygen atoms in total. The first-order valence-electron chi connectivity index (χ1n) is 19.8. The summed E-state index contributed by atoms with van der Waals surface area (Å²) in [5, 5.41) is 44.6. The maximum Gasteiger partial charge on any atom is 0.148 e. The molecule has 0 spiro atoms. The van der Waals surface area contributed by atoms with Crippen LogP contribution in [0.4, 0.5) is 56.9 Å². The molecule has 0 atom stereocenters. The van der Waals surface area contributed by atoms with Crippen molar-refractivity contribution in [2.75, 3.05) is 25.7 Å². The number of anilines is 2. The van der Waals surface area contributed by atoms with Crippen LogP contribution in [-0.4, -0.2) is 14.2 Å². The fourth-order valence-electron chi connectivity index (χ4n) is 7.30. The van der Waals surface area contributed by atoms with Gasteiger partial charge in [0, 0.05) is 45.1 Å². The lowest BCUT2D eigenvalue weighted by Crippen LogP contribution is -1.88. The van der Waals surface area contributed by atoms with E-state index >= 15 is 0 Å². The number of nitrogen functional groups attached to an aromatic ring is 2. The predicted octanol–water partition coefficient (Wildman–Crippen LogP) is 15.8. The van der Waals surface area contributed by atoms with Gasteiger partial charge in [0.15, 0.2) is 0 Å². The highest BCUT2D eigenvalue weighted by molar-refractivity contribution is 6.09. The molecule has 0 saturated carbocycles. The van der Waals surface area contributed by atoms with E-state index in [2.05, 4.69) is 89.4 Å². The summed E-state index contributed by atoms with van der Waals surface area (Å²) >= 11 is 0. The molecular formula is C50H40N10O2. The fraction of sp³-hybridized carbons (Fsp3) is 0.0800. The van der Waals surface area contributed by atoms with Crippen molar-refractivity contribution in [3.05, 3.63) is 157 Å². The third-order valence-corrected chi connectivity index (χ3v) is 10.7. The molecule has 9 rings (SSSR count). The minimum Gasteiger partial charge on any atom is -0.494 e. The summed E-state index contributed by atoms with van der Waals surface area (Å²) in [5.41, 5.74) is 20.8. The molecule has 0 fully saturated rings. The van der Waals surface area contributed by atoms with Gasteiger partial charge in [-0.25, -0.2) is 0 Å². The molecule has 0 saturated heterocycles. The molecule has 0 radical (unpaired) electrons. The van der Waals surface area contributed by atoms with Crippen molar-refractivity contribution in [3.63, 3.8) is 0 Å². The first-order valence-corrected chi connectivity index (χ1v) is 19.8. The number of ether oxygens (including phenoxy) is 2. The third-order valence-electron chi connectivity index (χ3n) is 10.7. The Morgan fingerprint density at radius 2 is 0.677 bits per heavy atom. The van der Waals surface area contributed by atoms with Gasteiger partial charge in [-0.1, -0.05) is 48.5 Å². The van der Waals surface area contributed by atoms with Crippen LogP contribution in [0.5, 0.6) is 11.5 Å². The molecule has 0 aliphatic carbocycles. The SMILES string of the molecule is COc1cc(N=Nc2ccc(N=Nc3ccc(N)c4cc5ccccc5cc34)cc2)c(C)cc1N=Nc1cc(OC)c(N=Nc2ccc(N)c3cc4ccccc4cc23)cc1C. The Morgan fingerprint density at radius 3 is 1.08 bits per heavy atom. The molecular weight excluding hydrogens is 773 g/mol. The molecule has 0 aliphatic rings. The van der Waals surface area contributed by atoms with Gasteiger partial charge in [-0.3, -0.25) is 0 Å². The summed E-state index contributed by atoms with van der Waals surface area (Å²) in [6.45, 7) is 3.86. The second-order valence-corrected chi connectivity index (χ2v) is 14.8. The minimum absolute atomic E-state index is 0.491. The lowest BCUT2D eigenvalue weighted by Gasteiger charge is -2.10. The highest BCUT2D eigenvalue weighted by Crippen LogP contribution is 2.41.